The highest BCUT2D eigenvalue weighted by atomic mass is 15.4. The van der Waals surface area contributed by atoms with Crippen LogP contribution in [0, 0.1) is 6.92 Å². The largest absolute Gasteiger partial charge is 0.394 e. The minimum Gasteiger partial charge on any atom is -0.394 e. The molecule has 4 nitrogen and oxygen atoms in total. The molecule has 0 bridgehead atoms. The van der Waals surface area contributed by atoms with Crippen LogP contribution in [0.15, 0.2) is 30.3 Å². The normalized spacial score (nSPS) is 10.8. The topological polar surface area (TPSA) is 47.1 Å². The maximum absolute atomic E-state index is 6.19. The highest BCUT2D eigenvalue weighted by Crippen LogP contribution is 2.26. The van der Waals surface area contributed by atoms with Crippen molar-refractivity contribution in [1.82, 2.24) is 9.78 Å². The van der Waals surface area contributed by atoms with E-state index in [1.807, 2.05) is 11.6 Å². The van der Waals surface area contributed by atoms with Gasteiger partial charge in [0.1, 0.15) is 5.82 Å². The summed E-state index contributed by atoms with van der Waals surface area (Å²) >= 11 is 0. The van der Waals surface area contributed by atoms with Crippen molar-refractivity contribution >= 4 is 11.5 Å². The Bertz CT molecular complexity index is 560. The number of hydrogen-bond acceptors (Lipinski definition) is 3. The molecule has 0 saturated carbocycles. The molecule has 114 valence electrons. The van der Waals surface area contributed by atoms with Crippen LogP contribution in [0.4, 0.5) is 11.5 Å². The van der Waals surface area contributed by atoms with Crippen molar-refractivity contribution in [2.24, 2.45) is 0 Å². The summed E-state index contributed by atoms with van der Waals surface area (Å²) in [6.07, 6.45) is 3.26. The number of rotatable bonds is 7. The summed E-state index contributed by atoms with van der Waals surface area (Å²) in [6, 6.07) is 10.6. The number of aryl methyl sites for hydroxylation is 3. The van der Waals surface area contributed by atoms with E-state index in [9.17, 15) is 0 Å². The number of nitrogens with zero attached hydrogens (tertiary/aromatic N) is 3. The first-order valence-electron chi connectivity index (χ1n) is 7.71. The Labute approximate surface area is 127 Å². The van der Waals surface area contributed by atoms with Gasteiger partial charge >= 0.3 is 0 Å². The molecule has 21 heavy (non-hydrogen) atoms. The quantitative estimate of drug-likeness (QED) is 0.850. The van der Waals surface area contributed by atoms with E-state index in [0.717, 1.165) is 49.6 Å². The SMILES string of the molecule is CCCn1nc(C)c(N)c1N(C)CCCc1ccccc1. The Morgan fingerprint density at radius 1 is 1.24 bits per heavy atom. The molecule has 0 aliphatic rings. The van der Waals surface area contributed by atoms with Crippen LogP contribution in [0.1, 0.15) is 31.0 Å². The maximum Gasteiger partial charge on any atom is 0.150 e. The van der Waals surface area contributed by atoms with Crippen LogP contribution >= 0.6 is 0 Å². The third-order valence-electron chi connectivity index (χ3n) is 3.74. The molecule has 4 heteroatoms. The standard InChI is InChI=1S/C17H26N4/c1-4-12-21-17(16(18)14(2)19-21)20(3)13-8-11-15-9-6-5-7-10-15/h5-7,9-10H,4,8,11-13,18H2,1-3H3. The minimum absolute atomic E-state index is 0.811. The Balaban J connectivity index is 1.98. The van der Waals surface area contributed by atoms with E-state index in [1.54, 1.807) is 0 Å². The minimum atomic E-state index is 0.811. The van der Waals surface area contributed by atoms with Crippen LogP contribution in [0.2, 0.25) is 0 Å². The van der Waals surface area contributed by atoms with E-state index in [0.29, 0.717) is 0 Å². The Morgan fingerprint density at radius 3 is 2.62 bits per heavy atom. The average Bonchev–Trinajstić information content (AvgIpc) is 2.75. The lowest BCUT2D eigenvalue weighted by atomic mass is 10.1. The molecule has 2 N–H and O–H groups in total. The second-order valence-electron chi connectivity index (χ2n) is 5.56. The fourth-order valence-electron chi connectivity index (χ4n) is 2.62. The lowest BCUT2D eigenvalue weighted by molar-refractivity contribution is 0.589. The molecule has 0 atom stereocenters. The average molecular weight is 286 g/mol. The smallest absolute Gasteiger partial charge is 0.150 e. The van der Waals surface area contributed by atoms with Crippen molar-refractivity contribution in [3.63, 3.8) is 0 Å². The van der Waals surface area contributed by atoms with Crippen LogP contribution in [0.5, 0.6) is 0 Å². The number of benzene rings is 1. The molecule has 0 unspecified atom stereocenters. The third kappa shape index (κ3) is 3.78. The predicted molar refractivity (Wildman–Crippen MR) is 89.7 cm³/mol. The molecule has 0 saturated heterocycles. The van der Waals surface area contributed by atoms with Gasteiger partial charge in [0.25, 0.3) is 0 Å². The van der Waals surface area contributed by atoms with E-state index < -0.39 is 0 Å². The van der Waals surface area contributed by atoms with Crippen molar-refractivity contribution in [3.05, 3.63) is 41.6 Å². The van der Waals surface area contributed by atoms with Crippen molar-refractivity contribution in [3.8, 4) is 0 Å². The molecular weight excluding hydrogens is 260 g/mol. The molecule has 2 aromatic rings. The summed E-state index contributed by atoms with van der Waals surface area (Å²) in [5.41, 5.74) is 9.31. The van der Waals surface area contributed by atoms with Gasteiger partial charge in [-0.15, -0.1) is 0 Å². The van der Waals surface area contributed by atoms with Crippen LogP contribution < -0.4 is 10.6 Å². The Kier molecular flexibility index (Phi) is 5.26. The van der Waals surface area contributed by atoms with Gasteiger partial charge in [-0.2, -0.15) is 5.10 Å². The van der Waals surface area contributed by atoms with Gasteiger partial charge in [-0.3, -0.25) is 0 Å². The lowest BCUT2D eigenvalue weighted by Gasteiger charge is -2.21. The first-order valence-corrected chi connectivity index (χ1v) is 7.71. The van der Waals surface area contributed by atoms with Gasteiger partial charge in [-0.1, -0.05) is 37.3 Å². The zero-order valence-electron chi connectivity index (χ0n) is 13.3. The lowest BCUT2D eigenvalue weighted by Crippen LogP contribution is -2.23. The zero-order valence-corrected chi connectivity index (χ0v) is 13.3. The highest BCUT2D eigenvalue weighted by Gasteiger charge is 2.15. The van der Waals surface area contributed by atoms with Gasteiger partial charge in [-0.05, 0) is 31.7 Å². The number of aromatic nitrogens is 2. The van der Waals surface area contributed by atoms with Crippen molar-refractivity contribution in [2.75, 3.05) is 24.2 Å². The maximum atomic E-state index is 6.19. The molecule has 0 aliphatic heterocycles. The Morgan fingerprint density at radius 2 is 1.95 bits per heavy atom. The van der Waals surface area contributed by atoms with Gasteiger partial charge in [0, 0.05) is 20.1 Å². The molecule has 0 radical (unpaired) electrons. The molecule has 0 fully saturated rings. The van der Waals surface area contributed by atoms with Crippen molar-refractivity contribution in [2.45, 2.75) is 39.7 Å². The van der Waals surface area contributed by atoms with Crippen LogP contribution in [-0.2, 0) is 13.0 Å². The van der Waals surface area contributed by atoms with E-state index in [4.69, 9.17) is 5.73 Å². The van der Waals surface area contributed by atoms with Crippen LogP contribution in [0.3, 0.4) is 0 Å². The molecule has 1 heterocycles. The summed E-state index contributed by atoms with van der Waals surface area (Å²) in [7, 11) is 2.10. The summed E-state index contributed by atoms with van der Waals surface area (Å²) in [6.45, 7) is 6.03. The molecule has 1 aromatic carbocycles. The summed E-state index contributed by atoms with van der Waals surface area (Å²) in [4.78, 5) is 2.23. The molecular formula is C17H26N4. The third-order valence-corrected chi connectivity index (χ3v) is 3.74. The summed E-state index contributed by atoms with van der Waals surface area (Å²) < 4.78 is 2.03. The first-order chi connectivity index (χ1) is 10.1. The second-order valence-corrected chi connectivity index (χ2v) is 5.56. The van der Waals surface area contributed by atoms with E-state index in [-0.39, 0.29) is 0 Å². The van der Waals surface area contributed by atoms with Crippen LogP contribution in [0.25, 0.3) is 0 Å². The van der Waals surface area contributed by atoms with Crippen molar-refractivity contribution < 1.29 is 0 Å². The van der Waals surface area contributed by atoms with Gasteiger partial charge < -0.3 is 10.6 Å². The van der Waals surface area contributed by atoms with Crippen LogP contribution in [-0.4, -0.2) is 23.4 Å². The molecule has 0 aliphatic carbocycles. The molecule has 0 spiro atoms. The van der Waals surface area contributed by atoms with E-state index in [1.165, 1.54) is 5.56 Å². The van der Waals surface area contributed by atoms with Gasteiger partial charge in [-0.25, -0.2) is 4.68 Å². The number of hydrogen-bond donors (Lipinski definition) is 1. The molecule has 2 rings (SSSR count). The van der Waals surface area contributed by atoms with Gasteiger partial charge in [0.15, 0.2) is 0 Å². The van der Waals surface area contributed by atoms with Gasteiger partial charge in [0.05, 0.1) is 11.4 Å². The van der Waals surface area contributed by atoms with Gasteiger partial charge in [0.2, 0.25) is 0 Å². The summed E-state index contributed by atoms with van der Waals surface area (Å²) in [5, 5.41) is 4.54. The summed E-state index contributed by atoms with van der Waals surface area (Å²) in [5.74, 6) is 1.06. The Hall–Kier alpha value is -1.97. The fraction of sp³-hybridized carbons (Fsp3) is 0.471. The van der Waals surface area contributed by atoms with E-state index in [2.05, 4.69) is 54.3 Å². The number of nitrogens with two attached hydrogens (primary N) is 1. The highest BCUT2D eigenvalue weighted by molar-refractivity contribution is 5.65. The van der Waals surface area contributed by atoms with Crippen molar-refractivity contribution in [1.29, 1.82) is 0 Å². The fourth-order valence-corrected chi connectivity index (χ4v) is 2.62. The van der Waals surface area contributed by atoms with E-state index >= 15 is 0 Å². The number of nitrogen functional groups attached to an aromatic ring is 1. The second kappa shape index (κ2) is 7.16. The monoisotopic (exact) mass is 286 g/mol. The molecule has 0 amide bonds. The predicted octanol–water partition coefficient (Wildman–Crippen LogP) is 3.25. The molecule has 1 aromatic heterocycles. The zero-order chi connectivity index (χ0) is 15.2. The first kappa shape index (κ1) is 15.4. The number of anilines is 2.